The molecule has 1 aromatic rings. The van der Waals surface area contributed by atoms with E-state index in [1.807, 2.05) is 12.1 Å². The summed E-state index contributed by atoms with van der Waals surface area (Å²) in [6, 6.07) is 5.50. The van der Waals surface area contributed by atoms with Gasteiger partial charge < -0.3 is 10.8 Å². The van der Waals surface area contributed by atoms with E-state index in [0.717, 1.165) is 17.0 Å². The Labute approximate surface area is 118 Å². The molecule has 0 heterocycles. The summed E-state index contributed by atoms with van der Waals surface area (Å²) >= 11 is 9.29. The molecule has 0 bridgehead atoms. The molecular weight excluding hydrogens is 321 g/mol. The maximum Gasteiger partial charge on any atom is 0.300 e. The molecule has 0 radical (unpaired) electrons. The monoisotopic (exact) mass is 333 g/mol. The van der Waals surface area contributed by atoms with Gasteiger partial charge in [-0.2, -0.15) is 0 Å². The summed E-state index contributed by atoms with van der Waals surface area (Å²) in [6.45, 7) is 1.28. The molecule has 7 heteroatoms. The summed E-state index contributed by atoms with van der Waals surface area (Å²) in [5.41, 5.74) is 5.96. The summed E-state index contributed by atoms with van der Waals surface area (Å²) in [6.07, 6.45) is 1.60. The van der Waals surface area contributed by atoms with Crippen LogP contribution in [0.2, 0.25) is 5.02 Å². The van der Waals surface area contributed by atoms with Crippen LogP contribution in [0.5, 0.6) is 0 Å². The first kappa shape index (κ1) is 16.6. The molecule has 0 unspecified atom stereocenters. The maximum atomic E-state index is 9.00. The molecule has 0 aliphatic heterocycles. The number of carboxylic acids is 1. The van der Waals surface area contributed by atoms with Gasteiger partial charge in [-0.25, -0.2) is 0 Å². The maximum absolute atomic E-state index is 9.00. The summed E-state index contributed by atoms with van der Waals surface area (Å²) in [4.78, 5) is 13.0. The minimum Gasteiger partial charge on any atom is -0.481 e. The van der Waals surface area contributed by atoms with E-state index in [1.165, 1.54) is 0 Å². The first-order chi connectivity index (χ1) is 8.34. The lowest BCUT2D eigenvalue weighted by Crippen LogP contribution is -2.13. The van der Waals surface area contributed by atoms with E-state index < -0.39 is 5.97 Å². The normalized spacial score (nSPS) is 9.72. The van der Waals surface area contributed by atoms with Crippen LogP contribution < -0.4 is 5.73 Å². The van der Waals surface area contributed by atoms with E-state index in [9.17, 15) is 0 Å². The minimum atomic E-state index is -0.833. The molecular formula is C11H13BrClN3O2. The van der Waals surface area contributed by atoms with Crippen molar-refractivity contribution in [3.63, 3.8) is 0 Å². The van der Waals surface area contributed by atoms with E-state index >= 15 is 0 Å². The fourth-order valence-corrected chi connectivity index (χ4v) is 1.68. The first-order valence-corrected chi connectivity index (χ1v) is 5.98. The summed E-state index contributed by atoms with van der Waals surface area (Å²) in [7, 11) is 0. The lowest BCUT2D eigenvalue weighted by Gasteiger charge is -2.00. The van der Waals surface area contributed by atoms with Gasteiger partial charge >= 0.3 is 0 Å². The Morgan fingerprint density at radius 1 is 1.67 bits per heavy atom. The van der Waals surface area contributed by atoms with Crippen molar-refractivity contribution < 1.29 is 9.90 Å². The molecule has 0 aliphatic carbocycles. The zero-order chi connectivity index (χ0) is 14.1. The Kier molecular flexibility index (Phi) is 7.98. The van der Waals surface area contributed by atoms with Crippen LogP contribution in [0.25, 0.3) is 0 Å². The third-order valence-electron chi connectivity index (χ3n) is 1.48. The highest BCUT2D eigenvalue weighted by molar-refractivity contribution is 9.10. The molecule has 0 spiro atoms. The third-order valence-corrected chi connectivity index (χ3v) is 2.50. The van der Waals surface area contributed by atoms with Crippen LogP contribution in [-0.4, -0.2) is 29.7 Å². The van der Waals surface area contributed by atoms with Gasteiger partial charge in [0, 0.05) is 23.2 Å². The number of amidine groups is 1. The van der Waals surface area contributed by atoms with Crippen molar-refractivity contribution in [2.24, 2.45) is 10.7 Å². The van der Waals surface area contributed by atoms with E-state index in [0.29, 0.717) is 5.02 Å². The van der Waals surface area contributed by atoms with Crippen LogP contribution in [0.3, 0.4) is 0 Å². The molecule has 4 N–H and O–H groups in total. The van der Waals surface area contributed by atoms with Gasteiger partial charge in [-0.1, -0.05) is 33.6 Å². The van der Waals surface area contributed by atoms with E-state index in [2.05, 4.69) is 20.9 Å². The van der Waals surface area contributed by atoms with Crippen molar-refractivity contribution >= 4 is 45.6 Å². The number of nitrogens with two attached hydrogens (primary N) is 1. The third kappa shape index (κ3) is 7.81. The van der Waals surface area contributed by atoms with E-state index in [-0.39, 0.29) is 12.4 Å². The summed E-state index contributed by atoms with van der Waals surface area (Å²) in [5.74, 6) is -0.801. The number of rotatable bonds is 3. The molecule has 5 nitrogen and oxygen atoms in total. The SMILES string of the molecule is CC(=O)O.N=C(N)CN=Cc1c(Cl)cccc1Br. The quantitative estimate of drug-likeness (QED) is 0.585. The van der Waals surface area contributed by atoms with Crippen LogP contribution in [0.15, 0.2) is 27.7 Å². The smallest absolute Gasteiger partial charge is 0.300 e. The molecule has 1 rings (SSSR count). The van der Waals surface area contributed by atoms with Crippen molar-refractivity contribution in [3.05, 3.63) is 33.3 Å². The Bertz CT molecular complexity index is 439. The second kappa shape index (κ2) is 8.66. The molecule has 0 amide bonds. The Balaban J connectivity index is 0.000000631. The molecule has 0 saturated heterocycles. The van der Waals surface area contributed by atoms with Crippen LogP contribution in [0.1, 0.15) is 12.5 Å². The van der Waals surface area contributed by atoms with Crippen LogP contribution >= 0.6 is 27.5 Å². The van der Waals surface area contributed by atoms with Gasteiger partial charge in [0.1, 0.15) is 5.84 Å². The zero-order valence-electron chi connectivity index (χ0n) is 9.65. The van der Waals surface area contributed by atoms with Crippen molar-refractivity contribution in [3.8, 4) is 0 Å². The van der Waals surface area contributed by atoms with Gasteiger partial charge in [-0.3, -0.25) is 15.2 Å². The fraction of sp³-hybridized carbons (Fsp3) is 0.182. The second-order valence-corrected chi connectivity index (χ2v) is 4.41. The standard InChI is InChI=1S/C9H9BrClN3.C2H4O2/c10-7-2-1-3-8(11)6(7)4-14-5-9(12)13;1-2(3)4/h1-4H,5H2,(H3,12,13);1H3,(H,3,4). The largest absolute Gasteiger partial charge is 0.481 e. The van der Waals surface area contributed by atoms with Crippen LogP contribution in [0, 0.1) is 5.41 Å². The van der Waals surface area contributed by atoms with E-state index in [1.54, 1.807) is 12.3 Å². The lowest BCUT2D eigenvalue weighted by molar-refractivity contribution is -0.134. The van der Waals surface area contributed by atoms with Gasteiger partial charge in [-0.05, 0) is 12.1 Å². The number of carboxylic acid groups (broad SMARTS) is 1. The molecule has 1 aromatic carbocycles. The molecule has 0 fully saturated rings. The van der Waals surface area contributed by atoms with Gasteiger partial charge in [0.2, 0.25) is 0 Å². The number of hydrogen-bond acceptors (Lipinski definition) is 3. The molecule has 0 atom stereocenters. The predicted octanol–water partition coefficient (Wildman–Crippen LogP) is 2.55. The number of benzene rings is 1. The average Bonchev–Trinajstić information content (AvgIpc) is 2.21. The number of nitrogens with zero attached hydrogens (tertiary/aromatic N) is 1. The van der Waals surface area contributed by atoms with Gasteiger partial charge in [0.05, 0.1) is 11.6 Å². The van der Waals surface area contributed by atoms with Crippen molar-refractivity contribution in [2.75, 3.05) is 6.54 Å². The minimum absolute atomic E-state index is 0.0319. The number of aliphatic imine (C=N–C) groups is 1. The van der Waals surface area contributed by atoms with Crippen molar-refractivity contribution in [2.45, 2.75) is 6.92 Å². The van der Waals surface area contributed by atoms with E-state index in [4.69, 9.17) is 32.6 Å². The Morgan fingerprint density at radius 3 is 2.67 bits per heavy atom. The molecule has 98 valence electrons. The van der Waals surface area contributed by atoms with Crippen molar-refractivity contribution in [1.82, 2.24) is 0 Å². The Morgan fingerprint density at radius 2 is 2.22 bits per heavy atom. The van der Waals surface area contributed by atoms with Gasteiger partial charge in [-0.15, -0.1) is 0 Å². The van der Waals surface area contributed by atoms with Crippen molar-refractivity contribution in [1.29, 1.82) is 5.41 Å². The second-order valence-electron chi connectivity index (χ2n) is 3.15. The summed E-state index contributed by atoms with van der Waals surface area (Å²) in [5, 5.41) is 15.0. The van der Waals surface area contributed by atoms with Gasteiger partial charge in [0.25, 0.3) is 5.97 Å². The Hall–Kier alpha value is -1.40. The van der Waals surface area contributed by atoms with Crippen LogP contribution in [-0.2, 0) is 4.79 Å². The van der Waals surface area contributed by atoms with Crippen LogP contribution in [0.4, 0.5) is 0 Å². The number of nitrogens with one attached hydrogen (secondary N) is 1. The fourth-order valence-electron chi connectivity index (χ4n) is 0.869. The van der Waals surface area contributed by atoms with Gasteiger partial charge in [0.15, 0.2) is 0 Å². The molecule has 0 aromatic heterocycles. The molecule has 0 saturated carbocycles. The average molecular weight is 335 g/mol. The predicted molar refractivity (Wildman–Crippen MR) is 76.8 cm³/mol. The molecule has 18 heavy (non-hydrogen) atoms. The highest BCUT2D eigenvalue weighted by Crippen LogP contribution is 2.22. The number of carbonyl (C=O) groups is 1. The topological polar surface area (TPSA) is 99.5 Å². The number of aliphatic carboxylic acids is 1. The first-order valence-electron chi connectivity index (χ1n) is 4.81. The zero-order valence-corrected chi connectivity index (χ0v) is 12.0. The summed E-state index contributed by atoms with van der Waals surface area (Å²) < 4.78 is 0.873. The number of hydrogen-bond donors (Lipinski definition) is 3. The molecule has 0 aliphatic rings. The highest BCUT2D eigenvalue weighted by atomic mass is 79.9. The highest BCUT2D eigenvalue weighted by Gasteiger charge is 2.00. The lowest BCUT2D eigenvalue weighted by atomic mass is 10.2. The number of halogens is 2.